The molecule has 0 spiro atoms. The van der Waals surface area contributed by atoms with E-state index in [0.29, 0.717) is 11.4 Å². The van der Waals surface area contributed by atoms with E-state index in [1.165, 1.54) is 5.56 Å². The summed E-state index contributed by atoms with van der Waals surface area (Å²) in [6.07, 6.45) is 2.15. The van der Waals surface area contributed by atoms with Gasteiger partial charge in [-0.25, -0.2) is 4.98 Å². The van der Waals surface area contributed by atoms with E-state index in [0.717, 1.165) is 23.9 Å². The lowest BCUT2D eigenvalue weighted by Gasteiger charge is -2.01. The number of carbonyl (C=O) groups is 1. The Balaban J connectivity index is 1.91. The van der Waals surface area contributed by atoms with Gasteiger partial charge in [0.25, 0.3) is 0 Å². The van der Waals surface area contributed by atoms with Gasteiger partial charge in [0.1, 0.15) is 0 Å². The monoisotopic (exact) mass is 264 g/mol. The smallest absolute Gasteiger partial charge is 0.228 e. The Bertz CT molecular complexity index is 708. The molecule has 0 amide bonds. The Hall–Kier alpha value is -2.42. The number of fused-ring (bicyclic) bond motifs is 1. The predicted octanol–water partition coefficient (Wildman–Crippen LogP) is 3.75. The Kier molecular flexibility index (Phi) is 3.33. The number of rotatable bonds is 4. The van der Waals surface area contributed by atoms with Gasteiger partial charge in [0.15, 0.2) is 5.82 Å². The number of aromatic nitrogens is 2. The van der Waals surface area contributed by atoms with Crippen LogP contribution in [0.3, 0.4) is 0 Å². The van der Waals surface area contributed by atoms with Crippen LogP contribution in [0.5, 0.6) is 0 Å². The third-order valence-electron chi connectivity index (χ3n) is 3.36. The maximum atomic E-state index is 12.4. The van der Waals surface area contributed by atoms with Gasteiger partial charge in [0.2, 0.25) is 5.78 Å². The fraction of sp³-hybridized carbons (Fsp3) is 0.176. The molecule has 3 nitrogen and oxygen atoms in total. The number of nitrogens with zero attached hydrogens (tertiary/aromatic N) is 1. The maximum Gasteiger partial charge on any atom is 0.228 e. The standard InChI is InChI=1S/C17H16N2O/c1-2-5-12-8-10-13(11-9-12)16(20)17-18-14-6-3-4-7-15(14)19-17/h3-4,6-11H,2,5H2,1H3,(H,18,19). The number of hydrogen-bond donors (Lipinski definition) is 1. The molecule has 0 bridgehead atoms. The highest BCUT2D eigenvalue weighted by atomic mass is 16.1. The van der Waals surface area contributed by atoms with Crippen molar-refractivity contribution in [3.63, 3.8) is 0 Å². The summed E-state index contributed by atoms with van der Waals surface area (Å²) in [6, 6.07) is 15.4. The lowest BCUT2D eigenvalue weighted by atomic mass is 10.1. The SMILES string of the molecule is CCCc1ccc(C(=O)c2nc3ccccc3[nH]2)cc1. The summed E-state index contributed by atoms with van der Waals surface area (Å²) < 4.78 is 0. The molecule has 0 atom stereocenters. The van der Waals surface area contributed by atoms with Crippen LogP contribution in [-0.2, 0) is 6.42 Å². The minimum Gasteiger partial charge on any atom is -0.335 e. The van der Waals surface area contributed by atoms with Gasteiger partial charge in [-0.3, -0.25) is 4.79 Å². The van der Waals surface area contributed by atoms with Crippen molar-refractivity contribution in [2.24, 2.45) is 0 Å². The molecule has 1 N–H and O–H groups in total. The van der Waals surface area contributed by atoms with E-state index in [4.69, 9.17) is 0 Å². The van der Waals surface area contributed by atoms with Gasteiger partial charge >= 0.3 is 0 Å². The van der Waals surface area contributed by atoms with Crippen molar-refractivity contribution in [3.8, 4) is 0 Å². The van der Waals surface area contributed by atoms with Gasteiger partial charge in [0, 0.05) is 5.56 Å². The zero-order chi connectivity index (χ0) is 13.9. The number of benzene rings is 2. The Morgan fingerprint density at radius 1 is 1.10 bits per heavy atom. The van der Waals surface area contributed by atoms with Crippen molar-refractivity contribution in [1.82, 2.24) is 9.97 Å². The number of ketones is 1. The number of nitrogens with one attached hydrogen (secondary N) is 1. The third-order valence-corrected chi connectivity index (χ3v) is 3.36. The number of aromatic amines is 1. The predicted molar refractivity (Wildman–Crippen MR) is 80.0 cm³/mol. The molecule has 100 valence electrons. The quantitative estimate of drug-likeness (QED) is 0.729. The third kappa shape index (κ3) is 2.35. The molecule has 20 heavy (non-hydrogen) atoms. The second-order valence-electron chi connectivity index (χ2n) is 4.88. The zero-order valence-electron chi connectivity index (χ0n) is 11.4. The summed E-state index contributed by atoms with van der Waals surface area (Å²) in [4.78, 5) is 19.8. The highest BCUT2D eigenvalue weighted by Gasteiger charge is 2.13. The summed E-state index contributed by atoms with van der Waals surface area (Å²) in [7, 11) is 0. The Labute approximate surface area is 117 Å². The van der Waals surface area contributed by atoms with Gasteiger partial charge < -0.3 is 4.98 Å². The van der Waals surface area contributed by atoms with Gasteiger partial charge in [-0.15, -0.1) is 0 Å². The molecule has 2 aromatic carbocycles. The van der Waals surface area contributed by atoms with Crippen LogP contribution in [0.15, 0.2) is 48.5 Å². The minimum absolute atomic E-state index is 0.0655. The van der Waals surface area contributed by atoms with E-state index in [1.54, 1.807) is 0 Å². The summed E-state index contributed by atoms with van der Waals surface area (Å²) in [5, 5.41) is 0. The van der Waals surface area contributed by atoms with Gasteiger partial charge in [-0.05, 0) is 24.1 Å². The molecular weight excluding hydrogens is 248 g/mol. The van der Waals surface area contributed by atoms with Crippen molar-refractivity contribution >= 4 is 16.8 Å². The van der Waals surface area contributed by atoms with Crippen LogP contribution >= 0.6 is 0 Å². The van der Waals surface area contributed by atoms with E-state index in [9.17, 15) is 4.79 Å². The molecule has 0 unspecified atom stereocenters. The fourth-order valence-electron chi connectivity index (χ4n) is 2.31. The molecule has 3 aromatic rings. The van der Waals surface area contributed by atoms with Crippen molar-refractivity contribution in [2.75, 3.05) is 0 Å². The molecule has 0 fully saturated rings. The second kappa shape index (κ2) is 5.29. The van der Waals surface area contributed by atoms with Gasteiger partial charge in [-0.1, -0.05) is 49.7 Å². The summed E-state index contributed by atoms with van der Waals surface area (Å²) in [5.41, 5.74) is 3.63. The first-order valence-electron chi connectivity index (χ1n) is 6.86. The molecule has 3 rings (SSSR count). The number of aryl methyl sites for hydroxylation is 1. The number of para-hydroxylation sites is 2. The van der Waals surface area contributed by atoms with Crippen LogP contribution in [0.2, 0.25) is 0 Å². The number of H-pyrrole nitrogens is 1. The molecule has 0 saturated carbocycles. The lowest BCUT2D eigenvalue weighted by Crippen LogP contribution is -2.03. The average Bonchev–Trinajstić information content (AvgIpc) is 2.91. The topological polar surface area (TPSA) is 45.8 Å². The first-order chi connectivity index (χ1) is 9.78. The maximum absolute atomic E-state index is 12.4. The number of hydrogen-bond acceptors (Lipinski definition) is 2. The van der Waals surface area contributed by atoms with Crippen LogP contribution in [0, 0.1) is 0 Å². The van der Waals surface area contributed by atoms with Crippen LogP contribution in [0.4, 0.5) is 0 Å². The minimum atomic E-state index is -0.0655. The zero-order valence-corrected chi connectivity index (χ0v) is 11.4. The Morgan fingerprint density at radius 3 is 2.55 bits per heavy atom. The van der Waals surface area contributed by atoms with Crippen LogP contribution in [0.25, 0.3) is 11.0 Å². The van der Waals surface area contributed by atoms with E-state index < -0.39 is 0 Å². The van der Waals surface area contributed by atoms with Crippen LogP contribution in [-0.4, -0.2) is 15.8 Å². The molecular formula is C17H16N2O. The lowest BCUT2D eigenvalue weighted by molar-refractivity contribution is 0.103. The molecule has 1 aromatic heterocycles. The number of carbonyl (C=O) groups excluding carboxylic acids is 1. The molecule has 3 heteroatoms. The highest BCUT2D eigenvalue weighted by Crippen LogP contribution is 2.14. The summed E-state index contributed by atoms with van der Waals surface area (Å²) in [6.45, 7) is 2.15. The molecule has 0 aliphatic carbocycles. The molecule has 0 aliphatic heterocycles. The highest BCUT2D eigenvalue weighted by molar-refractivity contribution is 6.07. The fourth-order valence-corrected chi connectivity index (χ4v) is 2.31. The molecule has 1 heterocycles. The van der Waals surface area contributed by atoms with E-state index in [1.807, 2.05) is 48.5 Å². The number of imidazole rings is 1. The molecule has 0 radical (unpaired) electrons. The van der Waals surface area contributed by atoms with Crippen molar-refractivity contribution < 1.29 is 4.79 Å². The Morgan fingerprint density at radius 2 is 1.85 bits per heavy atom. The van der Waals surface area contributed by atoms with Crippen molar-refractivity contribution in [3.05, 3.63) is 65.5 Å². The second-order valence-corrected chi connectivity index (χ2v) is 4.88. The van der Waals surface area contributed by atoms with Crippen molar-refractivity contribution in [1.29, 1.82) is 0 Å². The summed E-state index contributed by atoms with van der Waals surface area (Å²) >= 11 is 0. The average molecular weight is 264 g/mol. The summed E-state index contributed by atoms with van der Waals surface area (Å²) in [5.74, 6) is 0.332. The molecule has 0 saturated heterocycles. The van der Waals surface area contributed by atoms with E-state index in [-0.39, 0.29) is 5.78 Å². The van der Waals surface area contributed by atoms with Crippen molar-refractivity contribution in [2.45, 2.75) is 19.8 Å². The molecule has 0 aliphatic rings. The first kappa shape index (κ1) is 12.6. The van der Waals surface area contributed by atoms with Gasteiger partial charge in [-0.2, -0.15) is 0 Å². The normalized spacial score (nSPS) is 10.8. The largest absolute Gasteiger partial charge is 0.335 e. The van der Waals surface area contributed by atoms with E-state index >= 15 is 0 Å². The van der Waals surface area contributed by atoms with Gasteiger partial charge in [0.05, 0.1) is 11.0 Å². The van der Waals surface area contributed by atoms with Crippen LogP contribution < -0.4 is 0 Å². The van der Waals surface area contributed by atoms with Crippen LogP contribution in [0.1, 0.15) is 35.1 Å². The first-order valence-corrected chi connectivity index (χ1v) is 6.86. The van der Waals surface area contributed by atoms with E-state index in [2.05, 4.69) is 16.9 Å².